The number of aromatic hydroxyl groups is 1. The van der Waals surface area contributed by atoms with Gasteiger partial charge in [-0.15, -0.1) is 0 Å². The van der Waals surface area contributed by atoms with Crippen molar-refractivity contribution in [3.05, 3.63) is 114 Å². The molecule has 1 saturated carbocycles. The number of unbranched alkanes of at least 4 members (excludes halogenated alkanes) is 5. The molecule has 5 rings (SSSR count). The maximum Gasteiger partial charge on any atom is 0.196 e. The van der Waals surface area contributed by atoms with E-state index in [1.165, 1.54) is 74.1 Å². The van der Waals surface area contributed by atoms with Crippen LogP contribution in [0.5, 0.6) is 17.2 Å². The van der Waals surface area contributed by atoms with Crippen LogP contribution >= 0.6 is 0 Å². The second-order valence-corrected chi connectivity index (χ2v) is 12.3. The Kier molecular flexibility index (Phi) is 14.7. The highest BCUT2D eigenvalue weighted by atomic mass is 16.5. The van der Waals surface area contributed by atoms with Gasteiger partial charge in [0.1, 0.15) is 17.2 Å². The van der Waals surface area contributed by atoms with E-state index in [9.17, 15) is 9.90 Å². The minimum atomic E-state index is -0.202. The van der Waals surface area contributed by atoms with Crippen LogP contribution in [-0.2, 0) is 0 Å². The summed E-state index contributed by atoms with van der Waals surface area (Å²) in [6.45, 7) is 5.68. The highest BCUT2D eigenvalue weighted by molar-refractivity contribution is 6.10. The van der Waals surface area contributed by atoms with Gasteiger partial charge in [0.15, 0.2) is 5.78 Å². The minimum absolute atomic E-state index is 0.0610. The molecule has 0 radical (unpaired) electrons. The molecule has 1 N–H and O–H groups in total. The number of carbonyl (C=O) groups is 1. The molecule has 4 nitrogen and oxygen atoms in total. The molecule has 4 aromatic rings. The van der Waals surface area contributed by atoms with Gasteiger partial charge in [0.25, 0.3) is 0 Å². The van der Waals surface area contributed by atoms with Crippen molar-refractivity contribution in [1.29, 1.82) is 0 Å². The number of carbonyl (C=O) groups excluding carboxylic acids is 1. The van der Waals surface area contributed by atoms with E-state index < -0.39 is 0 Å². The molecule has 1 aliphatic carbocycles. The molecule has 0 aromatic heterocycles. The Morgan fingerprint density at radius 1 is 0.652 bits per heavy atom. The lowest BCUT2D eigenvalue weighted by atomic mass is 9.84. The van der Waals surface area contributed by atoms with Crippen LogP contribution < -0.4 is 9.47 Å². The average Bonchev–Trinajstić information content (AvgIpc) is 3.11. The fourth-order valence-electron chi connectivity index (χ4n) is 5.96. The number of ketones is 1. The van der Waals surface area contributed by atoms with E-state index in [4.69, 9.17) is 9.47 Å². The maximum absolute atomic E-state index is 12.6. The molecule has 0 atom stereocenters. The molecule has 0 amide bonds. The Balaban J connectivity index is 0.000000892. The Bertz CT molecular complexity index is 1420. The lowest BCUT2D eigenvalue weighted by molar-refractivity contribution is 0.103. The highest BCUT2D eigenvalue weighted by Crippen LogP contribution is 2.34. The van der Waals surface area contributed by atoms with Crippen LogP contribution in [0.25, 0.3) is 11.1 Å². The number of benzene rings is 4. The molecule has 1 fully saturated rings. The van der Waals surface area contributed by atoms with Gasteiger partial charge in [-0.3, -0.25) is 4.79 Å². The molecule has 244 valence electrons. The fraction of sp³-hybridized carbons (Fsp3) is 0.405. The summed E-state index contributed by atoms with van der Waals surface area (Å²) in [6, 6.07) is 31.4. The third kappa shape index (κ3) is 11.1. The van der Waals surface area contributed by atoms with Gasteiger partial charge in [0.05, 0.1) is 18.8 Å². The maximum atomic E-state index is 12.6. The third-order valence-corrected chi connectivity index (χ3v) is 8.71. The lowest BCUT2D eigenvalue weighted by Gasteiger charge is -2.22. The first-order chi connectivity index (χ1) is 22.6. The van der Waals surface area contributed by atoms with Gasteiger partial charge in [-0.05, 0) is 85.4 Å². The third-order valence-electron chi connectivity index (χ3n) is 8.71. The molecule has 0 spiro atoms. The topological polar surface area (TPSA) is 55.8 Å². The number of rotatable bonds is 15. The van der Waals surface area contributed by atoms with E-state index in [0.717, 1.165) is 37.4 Å². The summed E-state index contributed by atoms with van der Waals surface area (Å²) in [4.78, 5) is 12.6. The van der Waals surface area contributed by atoms with Crippen LogP contribution in [0.3, 0.4) is 0 Å². The minimum Gasteiger partial charge on any atom is -0.507 e. The number of phenolic OH excluding ortho intramolecular Hbond substituents is 1. The molecule has 4 heteroatoms. The van der Waals surface area contributed by atoms with Crippen molar-refractivity contribution in [2.24, 2.45) is 0 Å². The molecular formula is C42H52O4. The molecule has 1 aliphatic rings. The van der Waals surface area contributed by atoms with Gasteiger partial charge in [0.2, 0.25) is 0 Å². The van der Waals surface area contributed by atoms with Crippen molar-refractivity contribution >= 4 is 5.78 Å². The van der Waals surface area contributed by atoms with Crippen LogP contribution in [0.2, 0.25) is 0 Å². The summed E-state index contributed by atoms with van der Waals surface area (Å²) < 4.78 is 11.7. The van der Waals surface area contributed by atoms with Crippen molar-refractivity contribution in [3.63, 3.8) is 0 Å². The predicted octanol–water partition coefficient (Wildman–Crippen LogP) is 11.6. The smallest absolute Gasteiger partial charge is 0.196 e. The van der Waals surface area contributed by atoms with E-state index in [2.05, 4.69) is 62.4 Å². The summed E-state index contributed by atoms with van der Waals surface area (Å²) in [5, 5.41) is 10.3. The summed E-state index contributed by atoms with van der Waals surface area (Å²) in [5.74, 6) is 1.96. The summed E-state index contributed by atoms with van der Waals surface area (Å²) in [7, 11) is 0. The van der Waals surface area contributed by atoms with Gasteiger partial charge in [-0.25, -0.2) is 0 Å². The SMILES string of the molecule is CCCCC.O=C(c1ccccc1)c1ccc(OCCCCCCOc2ccc(-c3ccc(C4CCCCC4)cc3)cc2)cc1O. The van der Waals surface area contributed by atoms with E-state index >= 15 is 0 Å². The quantitative estimate of drug-likeness (QED) is 0.106. The van der Waals surface area contributed by atoms with Crippen LogP contribution in [0.1, 0.15) is 118 Å². The monoisotopic (exact) mass is 620 g/mol. The van der Waals surface area contributed by atoms with E-state index in [-0.39, 0.29) is 17.1 Å². The predicted molar refractivity (Wildman–Crippen MR) is 190 cm³/mol. The molecular weight excluding hydrogens is 568 g/mol. The Hall–Kier alpha value is -4.05. The largest absolute Gasteiger partial charge is 0.507 e. The second kappa shape index (κ2) is 19.5. The summed E-state index contributed by atoms with van der Waals surface area (Å²) in [6.07, 6.45) is 14.9. The number of phenols is 1. The van der Waals surface area contributed by atoms with Crippen LogP contribution in [0.4, 0.5) is 0 Å². The zero-order chi connectivity index (χ0) is 32.4. The lowest BCUT2D eigenvalue weighted by Crippen LogP contribution is -2.04. The fourth-order valence-corrected chi connectivity index (χ4v) is 5.96. The highest BCUT2D eigenvalue weighted by Gasteiger charge is 2.16. The molecule has 46 heavy (non-hydrogen) atoms. The van der Waals surface area contributed by atoms with E-state index in [0.29, 0.717) is 24.5 Å². The summed E-state index contributed by atoms with van der Waals surface area (Å²) in [5.41, 5.74) is 4.79. The van der Waals surface area contributed by atoms with Crippen molar-refractivity contribution in [2.75, 3.05) is 13.2 Å². The standard InChI is InChI=1S/C37H40O4.C5H12/c38-36-27-34(23-24-35(36)37(39)32-13-7-4-8-14-32)41-26-10-2-1-9-25-40-33-21-19-31(20-22-33)30-17-15-29(16-18-30)28-11-5-3-6-12-28;1-3-5-4-2/h4,7-8,13-24,27-28,38H,1-3,5-6,9-12,25-26H2;3-5H2,1-2H3. The molecule has 4 aromatic carbocycles. The zero-order valence-corrected chi connectivity index (χ0v) is 27.9. The number of hydrogen-bond acceptors (Lipinski definition) is 4. The Morgan fingerprint density at radius 2 is 1.22 bits per heavy atom. The van der Waals surface area contributed by atoms with Gasteiger partial charge in [-0.1, -0.05) is 119 Å². The number of hydrogen-bond donors (Lipinski definition) is 1. The van der Waals surface area contributed by atoms with Gasteiger partial charge < -0.3 is 14.6 Å². The van der Waals surface area contributed by atoms with Gasteiger partial charge in [-0.2, -0.15) is 0 Å². The van der Waals surface area contributed by atoms with Crippen molar-refractivity contribution in [1.82, 2.24) is 0 Å². The van der Waals surface area contributed by atoms with Crippen molar-refractivity contribution in [3.8, 4) is 28.4 Å². The van der Waals surface area contributed by atoms with Gasteiger partial charge in [0, 0.05) is 11.6 Å². The van der Waals surface area contributed by atoms with Crippen LogP contribution in [-0.4, -0.2) is 24.1 Å². The first kappa shape index (κ1) is 34.8. The second-order valence-electron chi connectivity index (χ2n) is 12.3. The van der Waals surface area contributed by atoms with Gasteiger partial charge >= 0.3 is 0 Å². The van der Waals surface area contributed by atoms with E-state index in [1.54, 1.807) is 24.3 Å². The molecule has 0 saturated heterocycles. The zero-order valence-electron chi connectivity index (χ0n) is 27.9. The molecule has 0 aliphatic heterocycles. The van der Waals surface area contributed by atoms with Crippen LogP contribution in [0, 0.1) is 0 Å². The van der Waals surface area contributed by atoms with E-state index in [1.807, 2.05) is 18.2 Å². The molecule has 0 bridgehead atoms. The molecule has 0 unspecified atom stereocenters. The Labute approximate surface area is 276 Å². The first-order valence-electron chi connectivity index (χ1n) is 17.5. The van der Waals surface area contributed by atoms with Crippen molar-refractivity contribution in [2.45, 2.75) is 96.8 Å². The summed E-state index contributed by atoms with van der Waals surface area (Å²) >= 11 is 0. The Morgan fingerprint density at radius 3 is 1.78 bits per heavy atom. The van der Waals surface area contributed by atoms with Crippen LogP contribution in [0.15, 0.2) is 97.1 Å². The average molecular weight is 621 g/mol. The first-order valence-corrected chi connectivity index (χ1v) is 17.5. The number of ether oxygens (including phenoxy) is 2. The van der Waals surface area contributed by atoms with Crippen molar-refractivity contribution < 1.29 is 19.4 Å². The normalized spacial score (nSPS) is 13.0. The molecule has 0 heterocycles.